The smallest absolute Gasteiger partial charge is 0.145 e. The lowest BCUT2D eigenvalue weighted by atomic mass is 9.86. The molecule has 0 radical (unpaired) electrons. The van der Waals surface area contributed by atoms with Gasteiger partial charge in [-0.25, -0.2) is 4.98 Å². The molecule has 32 heavy (non-hydrogen) atoms. The van der Waals surface area contributed by atoms with E-state index in [1.807, 2.05) is 11.8 Å². The van der Waals surface area contributed by atoms with Crippen LogP contribution in [0.15, 0.2) is 108 Å². The fourth-order valence-electron chi connectivity index (χ4n) is 5.42. The van der Waals surface area contributed by atoms with Crippen molar-refractivity contribution >= 4 is 39.1 Å². The lowest BCUT2D eigenvalue weighted by molar-refractivity contribution is 0.818. The van der Waals surface area contributed by atoms with Crippen molar-refractivity contribution in [1.29, 1.82) is 0 Å². The molecule has 0 bridgehead atoms. The Labute approximate surface area is 190 Å². The van der Waals surface area contributed by atoms with Crippen molar-refractivity contribution in [3.63, 3.8) is 0 Å². The molecule has 0 spiro atoms. The van der Waals surface area contributed by atoms with Gasteiger partial charge in [-0.2, -0.15) is 0 Å². The van der Waals surface area contributed by atoms with Crippen LogP contribution < -0.4 is 0 Å². The van der Waals surface area contributed by atoms with Crippen molar-refractivity contribution in [3.05, 3.63) is 126 Å². The Morgan fingerprint density at radius 2 is 1.25 bits per heavy atom. The molecule has 3 heterocycles. The Hall–Kier alpha value is -3.56. The van der Waals surface area contributed by atoms with Gasteiger partial charge in [-0.1, -0.05) is 97.1 Å². The topological polar surface area (TPSA) is 17.3 Å². The quantitative estimate of drug-likeness (QED) is 0.268. The van der Waals surface area contributed by atoms with Crippen LogP contribution in [0.4, 0.5) is 0 Å². The van der Waals surface area contributed by atoms with Crippen LogP contribution in [0.1, 0.15) is 22.5 Å². The largest absolute Gasteiger partial charge is 0.293 e. The number of benzene rings is 4. The maximum absolute atomic E-state index is 5.19. The van der Waals surface area contributed by atoms with E-state index in [1.165, 1.54) is 43.4 Å². The molecule has 6 aromatic rings. The zero-order chi connectivity index (χ0) is 21.3. The summed E-state index contributed by atoms with van der Waals surface area (Å²) in [5.41, 5.74) is 7.20. The van der Waals surface area contributed by atoms with Crippen LogP contribution >= 0.6 is 11.8 Å². The van der Waals surface area contributed by atoms with Gasteiger partial charge in [-0.15, -0.1) is 11.8 Å². The summed E-state index contributed by atoms with van der Waals surface area (Å²) in [6.07, 6.45) is 0. The second-order valence-electron chi connectivity index (χ2n) is 8.42. The van der Waals surface area contributed by atoms with Gasteiger partial charge in [-0.3, -0.25) is 4.40 Å². The fourth-order valence-corrected chi connectivity index (χ4v) is 7.04. The van der Waals surface area contributed by atoms with Crippen LogP contribution in [-0.4, -0.2) is 9.38 Å². The number of aromatic nitrogens is 2. The minimum Gasteiger partial charge on any atom is -0.293 e. The Morgan fingerprint density at radius 1 is 0.656 bits per heavy atom. The van der Waals surface area contributed by atoms with E-state index in [4.69, 9.17) is 4.98 Å². The molecule has 0 atom stereocenters. The van der Waals surface area contributed by atoms with Crippen molar-refractivity contribution in [3.8, 4) is 0 Å². The highest BCUT2D eigenvalue weighted by atomic mass is 32.2. The van der Waals surface area contributed by atoms with E-state index in [1.54, 1.807) is 0 Å². The van der Waals surface area contributed by atoms with Crippen molar-refractivity contribution in [2.24, 2.45) is 0 Å². The number of thioether (sulfide) groups is 1. The van der Waals surface area contributed by atoms with Gasteiger partial charge >= 0.3 is 0 Å². The second-order valence-corrected chi connectivity index (χ2v) is 9.67. The number of para-hydroxylation sites is 1. The number of aryl methyl sites for hydroxylation is 1. The van der Waals surface area contributed by atoms with Gasteiger partial charge < -0.3 is 0 Å². The molecule has 0 unspecified atom stereocenters. The van der Waals surface area contributed by atoms with E-state index in [9.17, 15) is 0 Å². The molecule has 0 N–H and O–H groups in total. The van der Waals surface area contributed by atoms with Crippen LogP contribution in [0, 0.1) is 6.92 Å². The highest BCUT2D eigenvalue weighted by Gasteiger charge is 2.45. The normalized spacial score (nSPS) is 14.5. The lowest BCUT2D eigenvalue weighted by Crippen LogP contribution is -2.30. The molecule has 1 aliphatic rings. The zero-order valence-corrected chi connectivity index (χ0v) is 18.4. The molecule has 1 aliphatic heterocycles. The van der Waals surface area contributed by atoms with Crippen molar-refractivity contribution in [2.45, 2.75) is 16.6 Å². The summed E-state index contributed by atoms with van der Waals surface area (Å²) in [5, 5.41) is 3.75. The first-order valence-corrected chi connectivity index (χ1v) is 11.7. The van der Waals surface area contributed by atoms with E-state index < -0.39 is 0 Å². The van der Waals surface area contributed by atoms with Crippen LogP contribution in [0.3, 0.4) is 0 Å². The fraction of sp³-hybridized carbons (Fsp3) is 0.0690. The summed E-state index contributed by atoms with van der Waals surface area (Å²) < 4.78 is 2.06. The minimum absolute atomic E-state index is 0.379. The van der Waals surface area contributed by atoms with Gasteiger partial charge in [0.15, 0.2) is 0 Å². The van der Waals surface area contributed by atoms with E-state index in [0.29, 0.717) is 0 Å². The summed E-state index contributed by atoms with van der Waals surface area (Å²) in [6.45, 7) is 2.16. The molecule has 2 aromatic heterocycles. The lowest BCUT2D eigenvalue weighted by Gasteiger charge is -2.38. The molecule has 4 aromatic carbocycles. The summed E-state index contributed by atoms with van der Waals surface area (Å²) >= 11 is 1.94. The molecule has 0 saturated carbocycles. The zero-order valence-electron chi connectivity index (χ0n) is 17.6. The van der Waals surface area contributed by atoms with Crippen LogP contribution in [0.2, 0.25) is 0 Å². The third-order valence-electron chi connectivity index (χ3n) is 6.69. The molecule has 2 nitrogen and oxygen atoms in total. The maximum Gasteiger partial charge on any atom is 0.145 e. The van der Waals surface area contributed by atoms with E-state index in [0.717, 1.165) is 11.3 Å². The molecule has 152 valence electrons. The molecule has 0 saturated heterocycles. The summed E-state index contributed by atoms with van der Waals surface area (Å²) in [7, 11) is 0. The predicted octanol–water partition coefficient (Wildman–Crippen LogP) is 7.35. The average Bonchev–Trinajstić information content (AvgIpc) is 3.22. The molecule has 0 fully saturated rings. The third-order valence-corrected chi connectivity index (χ3v) is 8.21. The SMILES string of the molecule is Cc1nc2c3ccccc3c3cccc4c3n2c1C(c1ccccc1)(c1ccccc1)S4. The highest BCUT2D eigenvalue weighted by Crippen LogP contribution is 2.57. The van der Waals surface area contributed by atoms with Gasteiger partial charge in [0.2, 0.25) is 0 Å². The number of fused-ring (bicyclic) bond motifs is 3. The van der Waals surface area contributed by atoms with E-state index >= 15 is 0 Å². The summed E-state index contributed by atoms with van der Waals surface area (Å²) in [4.78, 5) is 6.48. The van der Waals surface area contributed by atoms with Crippen LogP contribution in [0.25, 0.3) is 27.3 Å². The molecule has 3 heteroatoms. The second kappa shape index (κ2) is 6.47. The Kier molecular flexibility index (Phi) is 3.65. The Bertz CT molecular complexity index is 1610. The molecular weight excluding hydrogens is 408 g/mol. The first kappa shape index (κ1) is 18.1. The van der Waals surface area contributed by atoms with Crippen LogP contribution in [-0.2, 0) is 4.75 Å². The maximum atomic E-state index is 5.19. The van der Waals surface area contributed by atoms with E-state index in [2.05, 4.69) is 114 Å². The molecule has 0 amide bonds. The molecule has 0 aliphatic carbocycles. The van der Waals surface area contributed by atoms with Gasteiger partial charge in [0, 0.05) is 15.7 Å². The monoisotopic (exact) mass is 428 g/mol. The molecular formula is C29H20N2S. The van der Waals surface area contributed by atoms with Crippen molar-refractivity contribution in [1.82, 2.24) is 9.38 Å². The molecule has 7 rings (SSSR count). The predicted molar refractivity (Wildman–Crippen MR) is 134 cm³/mol. The Balaban J connectivity index is 1.76. The number of rotatable bonds is 2. The standard InChI is InChI=1S/C29H20N2S/c1-19-27-29(20-11-4-2-5-12-20,21-13-6-3-7-14-21)32-25-18-10-17-23-22-15-8-9-16-24(22)28(30-19)31(27)26(23)25/h2-18H,1H3. The van der Waals surface area contributed by atoms with Gasteiger partial charge in [-0.05, 0) is 29.5 Å². The average molecular weight is 429 g/mol. The number of hydrogen-bond acceptors (Lipinski definition) is 2. The van der Waals surface area contributed by atoms with Crippen molar-refractivity contribution < 1.29 is 0 Å². The number of pyridine rings is 1. The Morgan fingerprint density at radius 3 is 1.94 bits per heavy atom. The third kappa shape index (κ3) is 2.19. The number of nitrogens with zero attached hydrogens (tertiary/aromatic N) is 2. The summed E-state index contributed by atoms with van der Waals surface area (Å²) in [5.74, 6) is 0. The highest BCUT2D eigenvalue weighted by molar-refractivity contribution is 8.01. The minimum atomic E-state index is -0.379. The van der Waals surface area contributed by atoms with Gasteiger partial charge in [0.1, 0.15) is 10.4 Å². The number of imidazole rings is 1. The first-order chi connectivity index (χ1) is 15.8. The first-order valence-electron chi connectivity index (χ1n) is 10.9. The van der Waals surface area contributed by atoms with Crippen molar-refractivity contribution in [2.75, 3.05) is 0 Å². The summed E-state index contributed by atoms with van der Waals surface area (Å²) in [6, 6.07) is 37.1. The van der Waals surface area contributed by atoms with Gasteiger partial charge in [0.05, 0.1) is 16.9 Å². The van der Waals surface area contributed by atoms with Crippen LogP contribution in [0.5, 0.6) is 0 Å². The van der Waals surface area contributed by atoms with E-state index in [-0.39, 0.29) is 4.75 Å². The van der Waals surface area contributed by atoms with Gasteiger partial charge in [0.25, 0.3) is 0 Å². The number of hydrogen-bond donors (Lipinski definition) is 0.